The first-order valence-corrected chi connectivity index (χ1v) is 6.70. The summed E-state index contributed by atoms with van der Waals surface area (Å²) in [6, 6.07) is 7.90. The smallest absolute Gasteiger partial charge is 0.224 e. The molecule has 0 aromatic heterocycles. The molecule has 1 amide bonds. The van der Waals surface area contributed by atoms with Crippen molar-refractivity contribution in [3.8, 4) is 0 Å². The van der Waals surface area contributed by atoms with Crippen LogP contribution >= 0.6 is 0 Å². The van der Waals surface area contributed by atoms with E-state index in [-0.39, 0.29) is 5.91 Å². The van der Waals surface area contributed by atoms with E-state index in [1.807, 2.05) is 31.2 Å². The minimum atomic E-state index is -0.804. The lowest BCUT2D eigenvalue weighted by Gasteiger charge is -2.32. The molecule has 0 spiro atoms. The largest absolute Gasteiger partial charge is 0.388 e. The quantitative estimate of drug-likeness (QED) is 0.858. The molecule has 0 atom stereocenters. The van der Waals surface area contributed by atoms with Crippen LogP contribution in [0.2, 0.25) is 0 Å². The molecule has 4 heteroatoms. The van der Waals surface area contributed by atoms with Gasteiger partial charge in [0.15, 0.2) is 0 Å². The Hall–Kier alpha value is -1.39. The molecule has 0 aliphatic carbocycles. The summed E-state index contributed by atoms with van der Waals surface area (Å²) in [5.74, 6) is -0.0521. The third kappa shape index (κ3) is 4.33. The van der Waals surface area contributed by atoms with Gasteiger partial charge in [-0.1, -0.05) is 29.8 Å². The molecule has 1 fully saturated rings. The topological polar surface area (TPSA) is 58.6 Å². The van der Waals surface area contributed by atoms with Gasteiger partial charge in [-0.25, -0.2) is 0 Å². The second kappa shape index (κ2) is 6.17. The molecule has 104 valence electrons. The van der Waals surface area contributed by atoms with Crippen molar-refractivity contribution in [2.45, 2.75) is 31.8 Å². The number of aliphatic hydroxyl groups is 1. The summed E-state index contributed by atoms with van der Waals surface area (Å²) >= 11 is 0. The second-order valence-electron chi connectivity index (χ2n) is 5.28. The first-order valence-electron chi connectivity index (χ1n) is 6.70. The van der Waals surface area contributed by atoms with E-state index in [0.717, 1.165) is 5.56 Å². The van der Waals surface area contributed by atoms with Gasteiger partial charge in [-0.05, 0) is 12.5 Å². The average molecular weight is 263 g/mol. The Balaban J connectivity index is 1.79. The van der Waals surface area contributed by atoms with Crippen LogP contribution in [-0.2, 0) is 16.0 Å². The van der Waals surface area contributed by atoms with Crippen molar-refractivity contribution in [1.82, 2.24) is 5.32 Å². The molecule has 2 rings (SSSR count). The Morgan fingerprint density at radius 1 is 1.32 bits per heavy atom. The highest BCUT2D eigenvalue weighted by Gasteiger charge is 2.29. The molecule has 4 nitrogen and oxygen atoms in total. The molecule has 0 saturated carbocycles. The molecule has 0 unspecified atom stereocenters. The van der Waals surface area contributed by atoms with Gasteiger partial charge in [-0.2, -0.15) is 0 Å². The molecule has 19 heavy (non-hydrogen) atoms. The van der Waals surface area contributed by atoms with E-state index in [4.69, 9.17) is 4.74 Å². The van der Waals surface area contributed by atoms with Crippen molar-refractivity contribution < 1.29 is 14.6 Å². The Labute approximate surface area is 113 Å². The van der Waals surface area contributed by atoms with Gasteiger partial charge in [-0.3, -0.25) is 4.79 Å². The highest BCUT2D eigenvalue weighted by atomic mass is 16.5. The van der Waals surface area contributed by atoms with Crippen LogP contribution in [0.4, 0.5) is 0 Å². The average Bonchev–Trinajstić information content (AvgIpc) is 2.40. The van der Waals surface area contributed by atoms with Crippen LogP contribution in [0, 0.1) is 6.92 Å². The Morgan fingerprint density at radius 3 is 2.58 bits per heavy atom. The maximum absolute atomic E-state index is 11.8. The maximum atomic E-state index is 11.8. The lowest BCUT2D eigenvalue weighted by atomic mass is 9.94. The van der Waals surface area contributed by atoms with Crippen LogP contribution in [0.25, 0.3) is 0 Å². The molecule has 1 saturated heterocycles. The predicted molar refractivity (Wildman–Crippen MR) is 72.9 cm³/mol. The summed E-state index contributed by atoms with van der Waals surface area (Å²) in [5.41, 5.74) is 1.36. The normalized spacial score (nSPS) is 18.0. The Bertz CT molecular complexity index is 422. The van der Waals surface area contributed by atoms with Crippen LogP contribution in [0.3, 0.4) is 0 Å². The highest BCUT2D eigenvalue weighted by molar-refractivity contribution is 5.78. The van der Waals surface area contributed by atoms with E-state index in [2.05, 4.69) is 5.32 Å². The monoisotopic (exact) mass is 263 g/mol. The minimum absolute atomic E-state index is 0.0521. The van der Waals surface area contributed by atoms with E-state index in [1.165, 1.54) is 5.56 Å². The number of hydrogen-bond acceptors (Lipinski definition) is 3. The highest BCUT2D eigenvalue weighted by Crippen LogP contribution is 2.19. The molecule has 0 radical (unpaired) electrons. The number of nitrogens with one attached hydrogen (secondary N) is 1. The van der Waals surface area contributed by atoms with Crippen molar-refractivity contribution in [3.63, 3.8) is 0 Å². The van der Waals surface area contributed by atoms with E-state index in [9.17, 15) is 9.90 Å². The number of aryl methyl sites for hydroxylation is 1. The van der Waals surface area contributed by atoms with Gasteiger partial charge in [0.2, 0.25) is 5.91 Å². The molecule has 1 aromatic carbocycles. The minimum Gasteiger partial charge on any atom is -0.388 e. The summed E-state index contributed by atoms with van der Waals surface area (Å²) in [7, 11) is 0. The van der Waals surface area contributed by atoms with Crippen LogP contribution in [0.5, 0.6) is 0 Å². The number of rotatable bonds is 4. The molecular weight excluding hydrogens is 242 g/mol. The van der Waals surface area contributed by atoms with Crippen molar-refractivity contribution in [1.29, 1.82) is 0 Å². The number of ether oxygens (including phenoxy) is 1. The van der Waals surface area contributed by atoms with Crippen molar-refractivity contribution in [3.05, 3.63) is 35.4 Å². The van der Waals surface area contributed by atoms with Crippen molar-refractivity contribution >= 4 is 5.91 Å². The molecule has 2 N–H and O–H groups in total. The van der Waals surface area contributed by atoms with Crippen molar-refractivity contribution in [2.24, 2.45) is 0 Å². The molecule has 1 aromatic rings. The predicted octanol–water partition coefficient (Wildman–Crippen LogP) is 1.20. The van der Waals surface area contributed by atoms with Crippen LogP contribution in [-0.4, -0.2) is 36.4 Å². The first kappa shape index (κ1) is 14.0. The van der Waals surface area contributed by atoms with Gasteiger partial charge in [0.25, 0.3) is 0 Å². The van der Waals surface area contributed by atoms with E-state index >= 15 is 0 Å². The summed E-state index contributed by atoms with van der Waals surface area (Å²) in [4.78, 5) is 11.8. The molecular formula is C15H21NO3. The van der Waals surface area contributed by atoms with Crippen LogP contribution in [0.15, 0.2) is 24.3 Å². The fourth-order valence-corrected chi connectivity index (χ4v) is 2.15. The van der Waals surface area contributed by atoms with Crippen molar-refractivity contribution in [2.75, 3.05) is 19.8 Å². The SMILES string of the molecule is Cc1ccc(CC(=O)NCC2(O)CCOCC2)cc1. The Kier molecular flexibility index (Phi) is 4.56. The Morgan fingerprint density at radius 2 is 1.95 bits per heavy atom. The zero-order chi connectivity index (χ0) is 13.7. The van der Waals surface area contributed by atoms with Gasteiger partial charge in [0, 0.05) is 32.6 Å². The summed E-state index contributed by atoms with van der Waals surface area (Å²) in [5, 5.41) is 13.0. The lowest BCUT2D eigenvalue weighted by Crippen LogP contribution is -2.46. The summed E-state index contributed by atoms with van der Waals surface area (Å²) in [6.45, 7) is 3.44. The van der Waals surface area contributed by atoms with Gasteiger partial charge < -0.3 is 15.2 Å². The zero-order valence-electron chi connectivity index (χ0n) is 11.3. The van der Waals surface area contributed by atoms with Gasteiger partial charge >= 0.3 is 0 Å². The molecule has 0 bridgehead atoms. The van der Waals surface area contributed by atoms with Crippen LogP contribution < -0.4 is 5.32 Å². The number of carbonyl (C=O) groups is 1. The fraction of sp³-hybridized carbons (Fsp3) is 0.533. The molecule has 1 aliphatic rings. The number of amides is 1. The lowest BCUT2D eigenvalue weighted by molar-refractivity contribution is -0.123. The standard InChI is InChI=1S/C15H21NO3/c1-12-2-4-13(5-3-12)10-14(17)16-11-15(18)6-8-19-9-7-15/h2-5,18H,6-11H2,1H3,(H,16,17). The second-order valence-corrected chi connectivity index (χ2v) is 5.28. The number of hydrogen-bond donors (Lipinski definition) is 2. The maximum Gasteiger partial charge on any atom is 0.224 e. The van der Waals surface area contributed by atoms with Gasteiger partial charge in [0.1, 0.15) is 0 Å². The summed E-state index contributed by atoms with van der Waals surface area (Å²) < 4.78 is 5.21. The first-order chi connectivity index (χ1) is 9.07. The third-order valence-corrected chi connectivity index (χ3v) is 3.52. The molecule has 1 aliphatic heterocycles. The van der Waals surface area contributed by atoms with Crippen LogP contribution in [0.1, 0.15) is 24.0 Å². The molecule has 1 heterocycles. The zero-order valence-corrected chi connectivity index (χ0v) is 11.3. The third-order valence-electron chi connectivity index (χ3n) is 3.52. The fourth-order valence-electron chi connectivity index (χ4n) is 2.15. The van der Waals surface area contributed by atoms with E-state index < -0.39 is 5.60 Å². The van der Waals surface area contributed by atoms with Gasteiger partial charge in [-0.15, -0.1) is 0 Å². The number of benzene rings is 1. The van der Waals surface area contributed by atoms with Gasteiger partial charge in [0.05, 0.1) is 12.0 Å². The van der Waals surface area contributed by atoms with E-state index in [0.29, 0.717) is 39.0 Å². The summed E-state index contributed by atoms with van der Waals surface area (Å²) in [6.07, 6.45) is 1.52. The number of carbonyl (C=O) groups excluding carboxylic acids is 1. The van der Waals surface area contributed by atoms with E-state index in [1.54, 1.807) is 0 Å².